The van der Waals surface area contributed by atoms with Gasteiger partial charge >= 0.3 is 6.09 Å². The van der Waals surface area contributed by atoms with Gasteiger partial charge in [0.2, 0.25) is 0 Å². The number of alkyl carbamates (subject to hydrolysis) is 1. The fourth-order valence-electron chi connectivity index (χ4n) is 2.40. The van der Waals surface area contributed by atoms with Crippen LogP contribution in [0, 0.1) is 0 Å². The Hall–Kier alpha value is -1.26. The third-order valence-corrected chi connectivity index (χ3v) is 3.70. The Morgan fingerprint density at radius 1 is 1.32 bits per heavy atom. The Kier molecular flexibility index (Phi) is 5.35. The number of rotatable bonds is 5. The van der Waals surface area contributed by atoms with Crippen LogP contribution in [-0.4, -0.2) is 29.8 Å². The van der Waals surface area contributed by atoms with Crippen LogP contribution in [0.1, 0.15) is 39.7 Å². The summed E-state index contributed by atoms with van der Waals surface area (Å²) in [5.41, 5.74) is 0.797. The van der Waals surface area contributed by atoms with E-state index in [4.69, 9.17) is 16.3 Å². The second-order valence-electron chi connectivity index (χ2n) is 6.99. The third-order valence-electron chi connectivity index (χ3n) is 3.45. The van der Waals surface area contributed by atoms with E-state index in [1.807, 2.05) is 45.0 Å². The Morgan fingerprint density at radius 3 is 2.55 bits per heavy atom. The molecule has 2 rings (SSSR count). The summed E-state index contributed by atoms with van der Waals surface area (Å²) in [6, 6.07) is 8.75. The molecule has 1 aliphatic rings. The van der Waals surface area contributed by atoms with Crippen LogP contribution in [0.15, 0.2) is 24.3 Å². The van der Waals surface area contributed by atoms with Crippen LogP contribution in [0.5, 0.6) is 0 Å². The van der Waals surface area contributed by atoms with Gasteiger partial charge in [-0.05, 0) is 58.2 Å². The summed E-state index contributed by atoms with van der Waals surface area (Å²) < 4.78 is 5.26. The summed E-state index contributed by atoms with van der Waals surface area (Å²) >= 11 is 5.89. The summed E-state index contributed by atoms with van der Waals surface area (Å²) in [4.78, 5) is 11.7. The van der Waals surface area contributed by atoms with Gasteiger partial charge in [-0.1, -0.05) is 23.7 Å². The lowest BCUT2D eigenvalue weighted by atomic mass is 10.1. The first-order chi connectivity index (χ1) is 10.2. The standard InChI is InChI=1S/C17H25ClN2O2/c1-11(9-12-5-7-13(18)8-6-12)19-14-10-15(14)20-16(21)22-17(2,3)4/h5-8,11,14-15,19H,9-10H2,1-4H3,(H,20,21). The van der Waals surface area contributed by atoms with Crippen molar-refractivity contribution in [2.45, 2.75) is 64.3 Å². The molecule has 0 aromatic heterocycles. The molecule has 1 saturated carbocycles. The van der Waals surface area contributed by atoms with Gasteiger partial charge in [0.25, 0.3) is 0 Å². The zero-order valence-corrected chi connectivity index (χ0v) is 14.4. The molecule has 4 nitrogen and oxygen atoms in total. The van der Waals surface area contributed by atoms with Crippen molar-refractivity contribution in [1.29, 1.82) is 0 Å². The maximum atomic E-state index is 11.7. The van der Waals surface area contributed by atoms with Crippen LogP contribution >= 0.6 is 11.6 Å². The molecular weight excluding hydrogens is 300 g/mol. The molecule has 5 heteroatoms. The predicted molar refractivity (Wildman–Crippen MR) is 89.3 cm³/mol. The molecule has 3 unspecified atom stereocenters. The number of benzene rings is 1. The Balaban J connectivity index is 1.70. The van der Waals surface area contributed by atoms with Gasteiger partial charge in [0, 0.05) is 23.1 Å². The summed E-state index contributed by atoms with van der Waals surface area (Å²) in [5.74, 6) is 0. The van der Waals surface area contributed by atoms with E-state index < -0.39 is 5.60 Å². The molecule has 0 radical (unpaired) electrons. The second kappa shape index (κ2) is 6.88. The van der Waals surface area contributed by atoms with Gasteiger partial charge in [-0.2, -0.15) is 0 Å². The minimum absolute atomic E-state index is 0.169. The minimum Gasteiger partial charge on any atom is -0.444 e. The van der Waals surface area contributed by atoms with Gasteiger partial charge in [-0.15, -0.1) is 0 Å². The molecule has 0 bridgehead atoms. The highest BCUT2D eigenvalue weighted by atomic mass is 35.5. The van der Waals surface area contributed by atoms with E-state index in [-0.39, 0.29) is 12.1 Å². The number of carbonyl (C=O) groups excluding carboxylic acids is 1. The van der Waals surface area contributed by atoms with Crippen LogP contribution in [-0.2, 0) is 11.2 Å². The quantitative estimate of drug-likeness (QED) is 0.871. The van der Waals surface area contributed by atoms with Crippen molar-refractivity contribution in [1.82, 2.24) is 10.6 Å². The molecule has 1 aromatic carbocycles. The lowest BCUT2D eigenvalue weighted by molar-refractivity contribution is 0.0522. The molecule has 3 atom stereocenters. The van der Waals surface area contributed by atoms with E-state index in [2.05, 4.69) is 17.6 Å². The topological polar surface area (TPSA) is 50.4 Å². The number of hydrogen-bond acceptors (Lipinski definition) is 3. The number of carbonyl (C=O) groups is 1. The highest BCUT2D eigenvalue weighted by Crippen LogP contribution is 2.23. The summed E-state index contributed by atoms with van der Waals surface area (Å²) in [6.07, 6.45) is 1.55. The lowest BCUT2D eigenvalue weighted by Gasteiger charge is -2.20. The van der Waals surface area contributed by atoms with Crippen molar-refractivity contribution < 1.29 is 9.53 Å². The molecule has 1 fully saturated rings. The maximum Gasteiger partial charge on any atom is 0.407 e. The molecule has 122 valence electrons. The Bertz CT molecular complexity index is 510. The highest BCUT2D eigenvalue weighted by molar-refractivity contribution is 6.30. The van der Waals surface area contributed by atoms with E-state index in [1.54, 1.807) is 0 Å². The first-order valence-corrected chi connectivity index (χ1v) is 8.11. The Labute approximate surface area is 137 Å². The number of hydrogen-bond donors (Lipinski definition) is 2. The fourth-order valence-corrected chi connectivity index (χ4v) is 2.52. The molecular formula is C17H25ClN2O2. The molecule has 1 aromatic rings. The SMILES string of the molecule is CC(Cc1ccc(Cl)cc1)NC1CC1NC(=O)OC(C)(C)C. The average molecular weight is 325 g/mol. The van der Waals surface area contributed by atoms with Crippen molar-refractivity contribution in [3.63, 3.8) is 0 Å². The van der Waals surface area contributed by atoms with Crippen molar-refractivity contribution in [3.05, 3.63) is 34.9 Å². The zero-order chi connectivity index (χ0) is 16.3. The van der Waals surface area contributed by atoms with Crippen LogP contribution in [0.3, 0.4) is 0 Å². The summed E-state index contributed by atoms with van der Waals surface area (Å²) in [7, 11) is 0. The normalized spacial score (nSPS) is 22.0. The van der Waals surface area contributed by atoms with Crippen molar-refractivity contribution in [2.24, 2.45) is 0 Å². The number of ether oxygens (including phenoxy) is 1. The largest absolute Gasteiger partial charge is 0.444 e. The van der Waals surface area contributed by atoms with E-state index in [1.165, 1.54) is 5.56 Å². The molecule has 0 heterocycles. The average Bonchev–Trinajstić information content (AvgIpc) is 3.07. The van der Waals surface area contributed by atoms with Gasteiger partial charge in [-0.3, -0.25) is 0 Å². The smallest absolute Gasteiger partial charge is 0.407 e. The first kappa shape index (κ1) is 17.1. The Morgan fingerprint density at radius 2 is 1.95 bits per heavy atom. The molecule has 2 N–H and O–H groups in total. The second-order valence-corrected chi connectivity index (χ2v) is 7.43. The van der Waals surface area contributed by atoms with Crippen LogP contribution in [0.4, 0.5) is 4.79 Å². The van der Waals surface area contributed by atoms with E-state index in [0.29, 0.717) is 12.1 Å². The fraction of sp³-hybridized carbons (Fsp3) is 0.588. The van der Waals surface area contributed by atoms with Crippen LogP contribution in [0.25, 0.3) is 0 Å². The molecule has 0 saturated heterocycles. The van der Waals surface area contributed by atoms with E-state index in [9.17, 15) is 4.79 Å². The van der Waals surface area contributed by atoms with Gasteiger partial charge in [0.15, 0.2) is 0 Å². The molecule has 1 aliphatic carbocycles. The molecule has 22 heavy (non-hydrogen) atoms. The lowest BCUT2D eigenvalue weighted by Crippen LogP contribution is -2.39. The predicted octanol–water partition coefficient (Wildman–Crippen LogP) is 3.53. The van der Waals surface area contributed by atoms with Crippen molar-refractivity contribution >= 4 is 17.7 Å². The van der Waals surface area contributed by atoms with Crippen LogP contribution in [0.2, 0.25) is 5.02 Å². The monoisotopic (exact) mass is 324 g/mol. The van der Waals surface area contributed by atoms with Crippen molar-refractivity contribution in [3.8, 4) is 0 Å². The number of amides is 1. The van der Waals surface area contributed by atoms with Gasteiger partial charge in [0.1, 0.15) is 5.60 Å². The van der Waals surface area contributed by atoms with Gasteiger partial charge in [0.05, 0.1) is 0 Å². The van der Waals surface area contributed by atoms with E-state index >= 15 is 0 Å². The first-order valence-electron chi connectivity index (χ1n) is 7.73. The maximum absolute atomic E-state index is 11.7. The number of halogens is 1. The number of nitrogens with one attached hydrogen (secondary N) is 2. The summed E-state index contributed by atoms with van der Waals surface area (Å²) in [6.45, 7) is 7.74. The third kappa shape index (κ3) is 5.85. The van der Waals surface area contributed by atoms with Gasteiger partial charge in [-0.25, -0.2) is 4.79 Å². The van der Waals surface area contributed by atoms with Crippen molar-refractivity contribution in [2.75, 3.05) is 0 Å². The molecule has 0 aliphatic heterocycles. The minimum atomic E-state index is -0.455. The van der Waals surface area contributed by atoms with Gasteiger partial charge < -0.3 is 15.4 Å². The highest BCUT2D eigenvalue weighted by Gasteiger charge is 2.39. The van der Waals surface area contributed by atoms with Crippen LogP contribution < -0.4 is 10.6 Å². The zero-order valence-electron chi connectivity index (χ0n) is 13.7. The molecule has 0 spiro atoms. The molecule has 1 amide bonds. The van der Waals surface area contributed by atoms with E-state index in [0.717, 1.165) is 17.9 Å². The summed E-state index contributed by atoms with van der Waals surface area (Å²) in [5, 5.41) is 7.19.